The Bertz CT molecular complexity index is 1290. The number of halogens is 1. The highest BCUT2D eigenvalue weighted by Gasteiger charge is 2.33. The van der Waals surface area contributed by atoms with Gasteiger partial charge >= 0.3 is 0 Å². The lowest BCUT2D eigenvalue weighted by molar-refractivity contribution is -0.125. The maximum absolute atomic E-state index is 12.2. The number of thiophene rings is 1. The molecule has 2 aliphatic rings. The monoisotopic (exact) mass is 501 g/mol. The van der Waals surface area contributed by atoms with Crippen molar-refractivity contribution in [1.29, 1.82) is 0 Å². The van der Waals surface area contributed by atoms with Crippen molar-refractivity contribution < 1.29 is 19.1 Å². The average molecular weight is 502 g/mol. The molecule has 0 spiro atoms. The van der Waals surface area contributed by atoms with Crippen molar-refractivity contribution in [1.82, 2.24) is 9.88 Å². The molecule has 0 unspecified atom stereocenters. The van der Waals surface area contributed by atoms with E-state index < -0.39 is 0 Å². The Kier molecular flexibility index (Phi) is 5.80. The molecule has 1 aliphatic carbocycles. The maximum Gasteiger partial charge on any atom is 0.289 e. The fourth-order valence-corrected chi connectivity index (χ4v) is 6.75. The van der Waals surface area contributed by atoms with Crippen molar-refractivity contribution in [2.75, 3.05) is 12.9 Å². The Morgan fingerprint density at radius 2 is 2.06 bits per heavy atom. The quantitative estimate of drug-likeness (QED) is 0.555. The van der Waals surface area contributed by atoms with Crippen LogP contribution < -0.4 is 10.5 Å². The molecular formula is C23H20ClN3O4S2. The molecule has 2 aromatic heterocycles. The Morgan fingerprint density at radius 1 is 1.30 bits per heavy atom. The summed E-state index contributed by atoms with van der Waals surface area (Å²) in [5, 5.41) is 1.09. The number of thioether (sulfide) groups is 1. The van der Waals surface area contributed by atoms with E-state index in [1.807, 2.05) is 24.3 Å². The molecule has 1 fully saturated rings. The van der Waals surface area contributed by atoms with E-state index in [4.69, 9.17) is 27.1 Å². The Balaban J connectivity index is 1.69. The lowest BCUT2D eigenvalue weighted by Gasteiger charge is -2.20. The molecule has 3 aromatic rings. The fourth-order valence-electron chi connectivity index (χ4n) is 4.39. The van der Waals surface area contributed by atoms with E-state index in [2.05, 4.69) is 0 Å². The van der Waals surface area contributed by atoms with E-state index in [1.54, 1.807) is 7.11 Å². The Morgan fingerprint density at radius 3 is 2.70 bits per heavy atom. The second-order valence-corrected chi connectivity index (χ2v) is 10.4. The molecule has 3 amide bonds. The molecule has 1 aliphatic heterocycles. The number of nitrogens with two attached hydrogens (primary N) is 1. The van der Waals surface area contributed by atoms with E-state index in [0.717, 1.165) is 49.3 Å². The second kappa shape index (κ2) is 8.62. The summed E-state index contributed by atoms with van der Waals surface area (Å²) in [6.07, 6.45) is 1.98. The number of hydrogen-bond acceptors (Lipinski definition) is 7. The van der Waals surface area contributed by atoms with Gasteiger partial charge in [-0.15, -0.1) is 11.3 Å². The summed E-state index contributed by atoms with van der Waals surface area (Å²) in [4.78, 5) is 44.0. The number of carbonyl (C=O) groups excluding carboxylic acids is 3. The molecular weight excluding hydrogens is 482 g/mol. The molecule has 33 heavy (non-hydrogen) atoms. The van der Waals surface area contributed by atoms with Gasteiger partial charge in [-0.05, 0) is 42.5 Å². The largest absolute Gasteiger partial charge is 0.497 e. The first-order chi connectivity index (χ1) is 15.9. The molecule has 1 aromatic carbocycles. The topological polar surface area (TPSA) is 103 Å². The number of rotatable bonds is 5. The molecule has 1 atom stereocenters. The predicted molar refractivity (Wildman–Crippen MR) is 130 cm³/mol. The van der Waals surface area contributed by atoms with Gasteiger partial charge in [0.15, 0.2) is 0 Å². The maximum atomic E-state index is 12.2. The summed E-state index contributed by atoms with van der Waals surface area (Å²) in [5.41, 5.74) is 8.91. The van der Waals surface area contributed by atoms with E-state index in [1.165, 1.54) is 16.2 Å². The normalized spacial score (nSPS) is 18.1. The van der Waals surface area contributed by atoms with Gasteiger partial charge in [-0.2, -0.15) is 0 Å². The predicted octanol–water partition coefficient (Wildman–Crippen LogP) is 4.41. The summed E-state index contributed by atoms with van der Waals surface area (Å²) in [7, 11) is 1.61. The van der Waals surface area contributed by atoms with Crippen LogP contribution in [0, 0.1) is 5.92 Å². The zero-order valence-corrected chi connectivity index (χ0v) is 20.1. The first-order valence-electron chi connectivity index (χ1n) is 10.4. The number of carbonyl (C=O) groups is 3. The van der Waals surface area contributed by atoms with E-state index in [9.17, 15) is 14.4 Å². The van der Waals surface area contributed by atoms with Crippen molar-refractivity contribution in [3.63, 3.8) is 0 Å². The number of methoxy groups -OCH3 is 1. The molecule has 0 radical (unpaired) electrons. The van der Waals surface area contributed by atoms with Crippen molar-refractivity contribution in [3.05, 3.63) is 45.4 Å². The van der Waals surface area contributed by atoms with Crippen LogP contribution in [0.2, 0.25) is 5.02 Å². The van der Waals surface area contributed by atoms with E-state index in [0.29, 0.717) is 30.0 Å². The number of aryl methyl sites for hydroxylation is 1. The molecule has 7 nitrogen and oxygen atoms in total. The van der Waals surface area contributed by atoms with Crippen LogP contribution in [-0.2, 0) is 29.0 Å². The van der Waals surface area contributed by atoms with Crippen LogP contribution in [0.25, 0.3) is 21.3 Å². The van der Waals surface area contributed by atoms with Crippen LogP contribution in [0.15, 0.2) is 24.3 Å². The minimum Gasteiger partial charge on any atom is -0.497 e. The third-order valence-electron chi connectivity index (χ3n) is 6.14. The van der Waals surface area contributed by atoms with Crippen LogP contribution in [0.4, 0.5) is 4.79 Å². The van der Waals surface area contributed by atoms with Gasteiger partial charge in [-0.1, -0.05) is 35.5 Å². The smallest absolute Gasteiger partial charge is 0.289 e. The second-order valence-electron chi connectivity index (χ2n) is 8.04. The highest BCUT2D eigenvalue weighted by molar-refractivity contribution is 8.14. The number of primary amides is 1. The molecule has 10 heteroatoms. The number of nitrogens with zero attached hydrogens (tertiary/aromatic N) is 2. The van der Waals surface area contributed by atoms with Gasteiger partial charge < -0.3 is 10.5 Å². The molecule has 0 saturated carbocycles. The Hall–Kier alpha value is -2.62. The fraction of sp³-hybridized carbons (Fsp3) is 0.304. The van der Waals surface area contributed by atoms with Crippen LogP contribution in [0.3, 0.4) is 0 Å². The van der Waals surface area contributed by atoms with E-state index in [-0.39, 0.29) is 35.3 Å². The minimum absolute atomic E-state index is 0.0229. The van der Waals surface area contributed by atoms with Crippen molar-refractivity contribution in [2.45, 2.75) is 25.8 Å². The Labute approximate surface area is 203 Å². The molecule has 3 heterocycles. The summed E-state index contributed by atoms with van der Waals surface area (Å²) in [6, 6.07) is 7.60. The average Bonchev–Trinajstić information content (AvgIpc) is 3.33. The minimum atomic E-state index is -0.293. The number of pyridine rings is 1. The van der Waals surface area contributed by atoms with Gasteiger partial charge in [-0.25, -0.2) is 4.98 Å². The van der Waals surface area contributed by atoms with Crippen molar-refractivity contribution in [3.8, 4) is 16.9 Å². The van der Waals surface area contributed by atoms with Gasteiger partial charge in [0, 0.05) is 21.7 Å². The van der Waals surface area contributed by atoms with Gasteiger partial charge in [0.1, 0.15) is 10.6 Å². The summed E-state index contributed by atoms with van der Waals surface area (Å²) in [6.45, 7) is 0.0229. The number of imide groups is 1. The third-order valence-corrected chi connectivity index (χ3v) is 8.55. The van der Waals surface area contributed by atoms with Gasteiger partial charge in [0.25, 0.3) is 5.24 Å². The first kappa shape index (κ1) is 22.2. The number of amides is 3. The van der Waals surface area contributed by atoms with Crippen molar-refractivity contribution in [2.24, 2.45) is 11.7 Å². The summed E-state index contributed by atoms with van der Waals surface area (Å²) >= 11 is 9.44. The van der Waals surface area contributed by atoms with Crippen LogP contribution in [0.5, 0.6) is 5.75 Å². The van der Waals surface area contributed by atoms with Crippen LogP contribution in [-0.4, -0.2) is 39.8 Å². The van der Waals surface area contributed by atoms with E-state index >= 15 is 0 Å². The molecule has 5 rings (SSSR count). The molecule has 2 N–H and O–H groups in total. The summed E-state index contributed by atoms with van der Waals surface area (Å²) < 4.78 is 5.30. The molecule has 1 saturated heterocycles. The van der Waals surface area contributed by atoms with Gasteiger partial charge in [-0.3, -0.25) is 19.3 Å². The third kappa shape index (κ3) is 3.88. The number of benzene rings is 1. The first-order valence-corrected chi connectivity index (χ1v) is 12.6. The highest BCUT2D eigenvalue weighted by Crippen LogP contribution is 2.46. The van der Waals surface area contributed by atoms with Crippen LogP contribution >= 0.6 is 34.7 Å². The lowest BCUT2D eigenvalue weighted by Crippen LogP contribution is -2.28. The number of aromatic nitrogens is 1. The summed E-state index contributed by atoms with van der Waals surface area (Å²) in [5.74, 6) is 0.128. The SMILES string of the molecule is COc1ccc(-c2c(Cl)c(CN3C(=O)CSC3=O)nc3sc4c(c23)CC[C@@H](C(N)=O)C4)cc1. The van der Waals surface area contributed by atoms with Crippen LogP contribution in [0.1, 0.15) is 22.6 Å². The lowest BCUT2D eigenvalue weighted by atomic mass is 9.86. The highest BCUT2D eigenvalue weighted by atomic mass is 35.5. The molecule has 0 bridgehead atoms. The van der Waals surface area contributed by atoms with Gasteiger partial charge in [0.2, 0.25) is 11.8 Å². The number of ether oxygens (including phenoxy) is 1. The number of fused-ring (bicyclic) bond motifs is 3. The van der Waals surface area contributed by atoms with Gasteiger partial charge in [0.05, 0.1) is 30.1 Å². The standard InChI is InChI=1S/C23H20ClN3O4S2/c1-31-13-5-2-11(3-6-13)18-19-14-7-4-12(21(25)29)8-16(14)33-22(19)26-15(20(18)24)9-27-17(28)10-32-23(27)30/h2-3,5-6,12H,4,7-10H2,1H3,(H2,25,29)/t12-/m1/s1. The molecule has 170 valence electrons. The van der Waals surface area contributed by atoms with Crippen molar-refractivity contribution >= 4 is 62.0 Å². The zero-order chi connectivity index (χ0) is 23.3. The number of hydrogen-bond donors (Lipinski definition) is 1. The zero-order valence-electron chi connectivity index (χ0n) is 17.7.